The fourth-order valence-corrected chi connectivity index (χ4v) is 2.43. The van der Waals surface area contributed by atoms with Crippen molar-refractivity contribution in [3.63, 3.8) is 0 Å². The number of rotatable bonds is 2. The van der Waals surface area contributed by atoms with E-state index in [0.717, 1.165) is 22.3 Å². The summed E-state index contributed by atoms with van der Waals surface area (Å²) in [7, 11) is 0. The van der Waals surface area contributed by atoms with E-state index in [1.165, 1.54) is 6.92 Å². The topological polar surface area (TPSA) is 49.9 Å². The molecule has 0 aliphatic rings. The molecule has 0 unspecified atom stereocenters. The van der Waals surface area contributed by atoms with Gasteiger partial charge in [-0.05, 0) is 43.7 Å². The summed E-state index contributed by atoms with van der Waals surface area (Å²) in [5.74, 6) is -0.0425. The Morgan fingerprint density at radius 3 is 2.57 bits per heavy atom. The molecule has 0 bridgehead atoms. The zero-order valence-electron chi connectivity index (χ0n) is 11.9. The van der Waals surface area contributed by atoms with Gasteiger partial charge in [-0.2, -0.15) is 0 Å². The van der Waals surface area contributed by atoms with Gasteiger partial charge in [0.15, 0.2) is 11.2 Å². The fourth-order valence-electron chi connectivity index (χ4n) is 2.43. The molecule has 21 heavy (non-hydrogen) atoms. The molecule has 2 aromatic carbocycles. The largest absolute Gasteiger partial charge is 0.354 e. The van der Waals surface area contributed by atoms with Gasteiger partial charge in [0.05, 0.1) is 0 Å². The van der Waals surface area contributed by atoms with Crippen LogP contribution in [0.25, 0.3) is 22.2 Å². The van der Waals surface area contributed by atoms with E-state index in [0.29, 0.717) is 10.9 Å². The first-order chi connectivity index (χ1) is 10.0. The number of ketones is 1. The van der Waals surface area contributed by atoms with Crippen LogP contribution in [0.15, 0.2) is 53.3 Å². The Labute approximate surface area is 122 Å². The molecule has 0 saturated heterocycles. The van der Waals surface area contributed by atoms with Crippen molar-refractivity contribution in [3.8, 4) is 11.3 Å². The number of fused-ring (bicyclic) bond motifs is 1. The number of hydrogen-bond acceptors (Lipinski definition) is 2. The van der Waals surface area contributed by atoms with E-state index in [2.05, 4.69) is 4.98 Å². The number of pyridine rings is 1. The van der Waals surface area contributed by atoms with Crippen LogP contribution in [0.4, 0.5) is 0 Å². The quantitative estimate of drug-likeness (QED) is 0.726. The van der Waals surface area contributed by atoms with Gasteiger partial charge in [-0.25, -0.2) is 0 Å². The smallest absolute Gasteiger partial charge is 0.190 e. The average molecular weight is 277 g/mol. The zero-order chi connectivity index (χ0) is 15.0. The van der Waals surface area contributed by atoms with E-state index in [1.54, 1.807) is 24.3 Å². The number of H-pyrrole nitrogens is 1. The van der Waals surface area contributed by atoms with Gasteiger partial charge in [-0.1, -0.05) is 23.8 Å². The summed E-state index contributed by atoms with van der Waals surface area (Å²) < 4.78 is 0. The number of carbonyl (C=O) groups is 1. The number of aromatic nitrogens is 1. The molecular formula is C18H15NO2. The maximum absolute atomic E-state index is 12.3. The fraction of sp³-hybridized carbons (Fsp3) is 0.111. The lowest BCUT2D eigenvalue weighted by Crippen LogP contribution is -2.04. The number of hydrogen-bond donors (Lipinski definition) is 1. The van der Waals surface area contributed by atoms with Crippen molar-refractivity contribution in [1.29, 1.82) is 0 Å². The molecule has 1 aromatic heterocycles. The maximum atomic E-state index is 12.3. The second-order valence-electron chi connectivity index (χ2n) is 5.23. The lowest BCUT2D eigenvalue weighted by Gasteiger charge is -2.06. The number of aromatic amines is 1. The van der Waals surface area contributed by atoms with E-state index >= 15 is 0 Å². The Morgan fingerprint density at radius 1 is 1.05 bits per heavy atom. The van der Waals surface area contributed by atoms with Gasteiger partial charge in [0.1, 0.15) is 0 Å². The molecule has 3 rings (SSSR count). The molecule has 3 nitrogen and oxygen atoms in total. The first kappa shape index (κ1) is 13.3. The van der Waals surface area contributed by atoms with Gasteiger partial charge in [-0.15, -0.1) is 0 Å². The Kier molecular flexibility index (Phi) is 3.18. The van der Waals surface area contributed by atoms with Crippen molar-refractivity contribution in [2.24, 2.45) is 0 Å². The van der Waals surface area contributed by atoms with E-state index < -0.39 is 0 Å². The first-order valence-electron chi connectivity index (χ1n) is 6.79. The van der Waals surface area contributed by atoms with E-state index in [-0.39, 0.29) is 11.2 Å². The molecule has 104 valence electrons. The summed E-state index contributed by atoms with van der Waals surface area (Å²) in [6.07, 6.45) is 0. The van der Waals surface area contributed by atoms with Crippen LogP contribution >= 0.6 is 0 Å². The van der Waals surface area contributed by atoms with Crippen LogP contribution in [0.2, 0.25) is 0 Å². The number of aryl methyl sites for hydroxylation is 1. The minimum absolute atomic E-state index is 0.0425. The Bertz CT molecular complexity index is 906. The van der Waals surface area contributed by atoms with Gasteiger partial charge < -0.3 is 4.98 Å². The Morgan fingerprint density at radius 2 is 1.86 bits per heavy atom. The second kappa shape index (κ2) is 5.02. The number of benzene rings is 2. The molecule has 1 heterocycles. The van der Waals surface area contributed by atoms with Gasteiger partial charge in [0.2, 0.25) is 0 Å². The third kappa shape index (κ3) is 2.50. The molecule has 0 radical (unpaired) electrons. The summed E-state index contributed by atoms with van der Waals surface area (Å²) in [4.78, 5) is 27.0. The van der Waals surface area contributed by atoms with Crippen LogP contribution in [-0.2, 0) is 0 Å². The number of nitrogens with one attached hydrogen (secondary N) is 1. The van der Waals surface area contributed by atoms with Crippen molar-refractivity contribution in [1.82, 2.24) is 4.98 Å². The molecule has 3 heteroatoms. The molecular weight excluding hydrogens is 262 g/mol. The highest BCUT2D eigenvalue weighted by Gasteiger charge is 2.07. The minimum atomic E-state index is -0.0802. The molecule has 0 spiro atoms. The van der Waals surface area contributed by atoms with Crippen LogP contribution in [0.3, 0.4) is 0 Å². The molecule has 1 N–H and O–H groups in total. The van der Waals surface area contributed by atoms with Crippen LogP contribution < -0.4 is 5.43 Å². The molecule has 0 saturated carbocycles. The standard InChI is InChI=1S/C18H15NO2/c1-11-4-3-5-14(8-11)17-10-18(21)15-9-13(12(2)20)6-7-16(15)19-17/h3-10H,1-2H3,(H,19,21). The van der Waals surface area contributed by atoms with Crippen LogP contribution in [0, 0.1) is 6.92 Å². The lowest BCUT2D eigenvalue weighted by molar-refractivity contribution is 0.101. The predicted octanol–water partition coefficient (Wildman–Crippen LogP) is 3.71. The minimum Gasteiger partial charge on any atom is -0.354 e. The maximum Gasteiger partial charge on any atom is 0.190 e. The highest BCUT2D eigenvalue weighted by molar-refractivity contribution is 5.98. The molecule has 3 aromatic rings. The van der Waals surface area contributed by atoms with Gasteiger partial charge in [0, 0.05) is 28.2 Å². The number of Topliss-reactive ketones (excluding diaryl/α,β-unsaturated/α-hetero) is 1. The van der Waals surface area contributed by atoms with E-state index in [1.807, 2.05) is 31.2 Å². The molecule has 0 fully saturated rings. The predicted molar refractivity (Wildman–Crippen MR) is 84.7 cm³/mol. The SMILES string of the molecule is CC(=O)c1ccc2[nH]c(-c3cccc(C)c3)cc(=O)c2c1. The van der Waals surface area contributed by atoms with Crippen LogP contribution in [0.1, 0.15) is 22.8 Å². The zero-order valence-corrected chi connectivity index (χ0v) is 11.9. The summed E-state index contributed by atoms with van der Waals surface area (Å²) in [5, 5.41) is 0.541. The van der Waals surface area contributed by atoms with Crippen molar-refractivity contribution in [2.45, 2.75) is 13.8 Å². The third-order valence-electron chi connectivity index (χ3n) is 3.57. The average Bonchev–Trinajstić information content (AvgIpc) is 2.46. The summed E-state index contributed by atoms with van der Waals surface area (Å²) in [6.45, 7) is 3.51. The second-order valence-corrected chi connectivity index (χ2v) is 5.23. The highest BCUT2D eigenvalue weighted by Crippen LogP contribution is 2.20. The van der Waals surface area contributed by atoms with E-state index in [9.17, 15) is 9.59 Å². The molecule has 0 atom stereocenters. The van der Waals surface area contributed by atoms with Crippen molar-refractivity contribution in [3.05, 3.63) is 69.9 Å². The third-order valence-corrected chi connectivity index (χ3v) is 3.57. The van der Waals surface area contributed by atoms with Crippen molar-refractivity contribution >= 4 is 16.7 Å². The normalized spacial score (nSPS) is 10.8. The van der Waals surface area contributed by atoms with Crippen LogP contribution in [0.5, 0.6) is 0 Å². The van der Waals surface area contributed by atoms with Gasteiger partial charge >= 0.3 is 0 Å². The van der Waals surface area contributed by atoms with Crippen molar-refractivity contribution < 1.29 is 4.79 Å². The monoisotopic (exact) mass is 277 g/mol. The molecule has 0 aliphatic heterocycles. The molecule has 0 amide bonds. The highest BCUT2D eigenvalue weighted by atomic mass is 16.1. The summed E-state index contributed by atoms with van der Waals surface area (Å²) in [6, 6.07) is 14.7. The van der Waals surface area contributed by atoms with E-state index in [4.69, 9.17) is 0 Å². The number of carbonyl (C=O) groups excluding carboxylic acids is 1. The van der Waals surface area contributed by atoms with Crippen LogP contribution in [-0.4, -0.2) is 10.8 Å². The van der Waals surface area contributed by atoms with Gasteiger partial charge in [0.25, 0.3) is 0 Å². The lowest BCUT2D eigenvalue weighted by atomic mass is 10.0. The first-order valence-corrected chi connectivity index (χ1v) is 6.79. The van der Waals surface area contributed by atoms with Gasteiger partial charge in [-0.3, -0.25) is 9.59 Å². The summed E-state index contributed by atoms with van der Waals surface area (Å²) >= 11 is 0. The molecule has 0 aliphatic carbocycles. The Hall–Kier alpha value is -2.68. The summed E-state index contributed by atoms with van der Waals surface area (Å²) in [5.41, 5.74) is 4.11. The van der Waals surface area contributed by atoms with Crippen molar-refractivity contribution in [2.75, 3.05) is 0 Å². The Balaban J connectivity index is 2.23.